The summed E-state index contributed by atoms with van der Waals surface area (Å²) in [6.07, 6.45) is 4.97. The fraction of sp³-hybridized carbons (Fsp3) is 0.333. The Morgan fingerprint density at radius 3 is 2.79 bits per heavy atom. The highest BCUT2D eigenvalue weighted by molar-refractivity contribution is 6.42. The van der Waals surface area contributed by atoms with Gasteiger partial charge in [0.15, 0.2) is 0 Å². The zero-order valence-electron chi connectivity index (χ0n) is 15.9. The third kappa shape index (κ3) is 3.88. The average Bonchev–Trinajstić information content (AvgIpc) is 3.17. The van der Waals surface area contributed by atoms with Crippen molar-refractivity contribution in [1.82, 2.24) is 20.3 Å². The summed E-state index contributed by atoms with van der Waals surface area (Å²) < 4.78 is 0. The molecule has 0 unspecified atom stereocenters. The van der Waals surface area contributed by atoms with Gasteiger partial charge < -0.3 is 15.6 Å². The fourth-order valence-electron chi connectivity index (χ4n) is 3.41. The second-order valence-electron chi connectivity index (χ2n) is 7.72. The van der Waals surface area contributed by atoms with Gasteiger partial charge in [0, 0.05) is 24.6 Å². The third-order valence-corrected chi connectivity index (χ3v) is 5.89. The van der Waals surface area contributed by atoms with Crippen molar-refractivity contribution in [3.8, 4) is 0 Å². The van der Waals surface area contributed by atoms with Crippen molar-refractivity contribution in [2.45, 2.75) is 25.7 Å². The SMILES string of the molecule is CC(C)(CNc1cc2[nH]cnc2c(C2=CCCNC2)n1)c1ccc(Cl)c(Cl)c1. The van der Waals surface area contributed by atoms with Crippen molar-refractivity contribution in [3.05, 3.63) is 58.0 Å². The molecule has 0 radical (unpaired) electrons. The summed E-state index contributed by atoms with van der Waals surface area (Å²) >= 11 is 12.3. The summed E-state index contributed by atoms with van der Waals surface area (Å²) in [6, 6.07) is 7.80. The van der Waals surface area contributed by atoms with Crippen LogP contribution in [-0.2, 0) is 5.41 Å². The molecule has 0 saturated heterocycles. The zero-order chi connectivity index (χ0) is 19.7. The van der Waals surface area contributed by atoms with Crippen LogP contribution in [0.25, 0.3) is 16.6 Å². The first-order valence-electron chi connectivity index (χ1n) is 9.38. The Morgan fingerprint density at radius 1 is 1.18 bits per heavy atom. The Morgan fingerprint density at radius 2 is 2.04 bits per heavy atom. The Hall–Kier alpha value is -2.08. The molecular formula is C21H23Cl2N5. The normalized spacial score (nSPS) is 14.9. The number of H-pyrrole nitrogens is 1. The van der Waals surface area contributed by atoms with Crippen molar-refractivity contribution in [2.24, 2.45) is 0 Å². The average molecular weight is 416 g/mol. The number of hydrogen-bond donors (Lipinski definition) is 3. The van der Waals surface area contributed by atoms with E-state index in [2.05, 4.69) is 40.5 Å². The van der Waals surface area contributed by atoms with Gasteiger partial charge in [-0.15, -0.1) is 0 Å². The van der Waals surface area contributed by atoms with Gasteiger partial charge in [-0.3, -0.25) is 0 Å². The smallest absolute Gasteiger partial charge is 0.128 e. The Balaban J connectivity index is 1.61. The second-order valence-corrected chi connectivity index (χ2v) is 8.53. The molecule has 0 saturated carbocycles. The first kappa shape index (κ1) is 19.2. The van der Waals surface area contributed by atoms with Crippen molar-refractivity contribution in [1.29, 1.82) is 0 Å². The number of nitrogens with one attached hydrogen (secondary N) is 3. The minimum Gasteiger partial charge on any atom is -0.369 e. The van der Waals surface area contributed by atoms with E-state index in [1.54, 1.807) is 6.33 Å². The molecule has 0 aliphatic carbocycles. The van der Waals surface area contributed by atoms with E-state index in [-0.39, 0.29) is 5.41 Å². The summed E-state index contributed by atoms with van der Waals surface area (Å²) in [5, 5.41) is 8.05. The number of imidazole rings is 1. The number of hydrogen-bond acceptors (Lipinski definition) is 4. The summed E-state index contributed by atoms with van der Waals surface area (Å²) in [7, 11) is 0. The molecule has 1 aliphatic rings. The Labute approximate surface area is 174 Å². The fourth-order valence-corrected chi connectivity index (χ4v) is 3.71. The molecule has 1 aromatic carbocycles. The van der Waals surface area contributed by atoms with Crippen LogP contribution in [0.4, 0.5) is 5.82 Å². The summed E-state index contributed by atoms with van der Waals surface area (Å²) in [6.45, 7) is 6.86. The molecule has 3 aromatic rings. The second kappa shape index (κ2) is 7.74. The topological polar surface area (TPSA) is 65.6 Å². The molecule has 0 spiro atoms. The molecule has 0 fully saturated rings. The molecule has 146 valence electrons. The third-order valence-electron chi connectivity index (χ3n) is 5.15. The van der Waals surface area contributed by atoms with Crippen LogP contribution in [0.1, 0.15) is 31.5 Å². The van der Waals surface area contributed by atoms with Crippen LogP contribution in [0.2, 0.25) is 10.0 Å². The predicted octanol–water partition coefficient (Wildman–Crippen LogP) is 5.03. The van der Waals surface area contributed by atoms with E-state index in [4.69, 9.17) is 28.2 Å². The van der Waals surface area contributed by atoms with Crippen LogP contribution in [0.15, 0.2) is 36.7 Å². The summed E-state index contributed by atoms with van der Waals surface area (Å²) in [4.78, 5) is 12.6. The maximum Gasteiger partial charge on any atom is 0.128 e. The number of benzene rings is 1. The van der Waals surface area contributed by atoms with Crippen LogP contribution in [0, 0.1) is 0 Å². The standard InChI is InChI=1S/C21H23Cl2N5/c1-21(2,14-5-6-15(22)16(23)8-14)11-25-18-9-17-20(27-12-26-17)19(28-18)13-4-3-7-24-10-13/h4-6,8-9,12,24H,3,7,10-11H2,1-2H3,(H,25,28)(H,26,27). The van der Waals surface area contributed by atoms with Crippen molar-refractivity contribution >= 4 is 45.6 Å². The molecule has 0 atom stereocenters. The van der Waals surface area contributed by atoms with Gasteiger partial charge in [-0.05, 0) is 36.2 Å². The maximum atomic E-state index is 6.21. The molecular weight excluding hydrogens is 393 g/mol. The number of pyridine rings is 1. The first-order valence-corrected chi connectivity index (χ1v) is 10.1. The van der Waals surface area contributed by atoms with Crippen LogP contribution < -0.4 is 10.6 Å². The van der Waals surface area contributed by atoms with Crippen molar-refractivity contribution < 1.29 is 0 Å². The lowest BCUT2D eigenvalue weighted by Gasteiger charge is -2.26. The Bertz CT molecular complexity index is 1040. The lowest BCUT2D eigenvalue weighted by molar-refractivity contribution is 0.556. The van der Waals surface area contributed by atoms with E-state index >= 15 is 0 Å². The van der Waals surface area contributed by atoms with Crippen LogP contribution in [-0.4, -0.2) is 34.6 Å². The number of aromatic nitrogens is 3. The van der Waals surface area contributed by atoms with Gasteiger partial charge in [0.05, 0.1) is 27.6 Å². The van der Waals surface area contributed by atoms with E-state index in [1.165, 1.54) is 5.57 Å². The highest BCUT2D eigenvalue weighted by Gasteiger charge is 2.22. The van der Waals surface area contributed by atoms with Gasteiger partial charge in [-0.1, -0.05) is 49.2 Å². The molecule has 4 rings (SSSR count). The maximum absolute atomic E-state index is 6.21. The van der Waals surface area contributed by atoms with E-state index in [0.717, 1.165) is 47.6 Å². The van der Waals surface area contributed by atoms with Crippen LogP contribution in [0.5, 0.6) is 0 Å². The monoisotopic (exact) mass is 415 g/mol. The number of anilines is 1. The van der Waals surface area contributed by atoms with Crippen LogP contribution >= 0.6 is 23.2 Å². The molecule has 3 heterocycles. The largest absolute Gasteiger partial charge is 0.369 e. The van der Waals surface area contributed by atoms with Gasteiger partial charge in [-0.2, -0.15) is 0 Å². The lowest BCUT2D eigenvalue weighted by Crippen LogP contribution is -2.28. The summed E-state index contributed by atoms with van der Waals surface area (Å²) in [5.74, 6) is 0.825. The van der Waals surface area contributed by atoms with Gasteiger partial charge in [0.2, 0.25) is 0 Å². The lowest BCUT2D eigenvalue weighted by atomic mass is 9.84. The number of aromatic amines is 1. The van der Waals surface area contributed by atoms with E-state index in [9.17, 15) is 0 Å². The van der Waals surface area contributed by atoms with E-state index in [0.29, 0.717) is 16.6 Å². The molecule has 28 heavy (non-hydrogen) atoms. The quantitative estimate of drug-likeness (QED) is 0.546. The van der Waals surface area contributed by atoms with Crippen molar-refractivity contribution in [2.75, 3.05) is 25.0 Å². The van der Waals surface area contributed by atoms with E-state index in [1.807, 2.05) is 24.3 Å². The van der Waals surface area contributed by atoms with Gasteiger partial charge >= 0.3 is 0 Å². The predicted molar refractivity (Wildman–Crippen MR) is 117 cm³/mol. The minimum atomic E-state index is -0.148. The highest BCUT2D eigenvalue weighted by Crippen LogP contribution is 2.31. The molecule has 0 bridgehead atoms. The van der Waals surface area contributed by atoms with Gasteiger partial charge in [-0.25, -0.2) is 9.97 Å². The first-order chi connectivity index (χ1) is 13.4. The number of halogens is 2. The minimum absolute atomic E-state index is 0.148. The van der Waals surface area contributed by atoms with Gasteiger partial charge in [0.25, 0.3) is 0 Å². The molecule has 7 heteroatoms. The zero-order valence-corrected chi connectivity index (χ0v) is 17.5. The molecule has 1 aliphatic heterocycles. The number of fused-ring (bicyclic) bond motifs is 1. The molecule has 3 N–H and O–H groups in total. The van der Waals surface area contributed by atoms with Crippen molar-refractivity contribution in [3.63, 3.8) is 0 Å². The molecule has 5 nitrogen and oxygen atoms in total. The Kier molecular flexibility index (Phi) is 5.32. The number of rotatable bonds is 5. The molecule has 0 amide bonds. The highest BCUT2D eigenvalue weighted by atomic mass is 35.5. The van der Waals surface area contributed by atoms with E-state index < -0.39 is 0 Å². The van der Waals surface area contributed by atoms with Crippen LogP contribution in [0.3, 0.4) is 0 Å². The summed E-state index contributed by atoms with van der Waals surface area (Å²) in [5.41, 5.74) is 4.98. The van der Waals surface area contributed by atoms with Gasteiger partial charge in [0.1, 0.15) is 11.3 Å². The number of nitrogens with zero attached hydrogens (tertiary/aromatic N) is 2. The molecule has 2 aromatic heterocycles.